The Morgan fingerprint density at radius 1 is 1.08 bits per heavy atom. The van der Waals surface area contributed by atoms with E-state index in [1.54, 1.807) is 13.8 Å². The summed E-state index contributed by atoms with van der Waals surface area (Å²) in [5.41, 5.74) is 2.53. The molecular formula is C27H35N5O6S. The van der Waals surface area contributed by atoms with Crippen LogP contribution in [-0.2, 0) is 10.0 Å². The molecular weight excluding hydrogens is 522 g/mol. The van der Waals surface area contributed by atoms with E-state index in [-0.39, 0.29) is 23.4 Å². The van der Waals surface area contributed by atoms with E-state index in [1.165, 1.54) is 16.8 Å². The van der Waals surface area contributed by atoms with Gasteiger partial charge in [-0.25, -0.2) is 13.1 Å². The molecule has 2 aromatic carbocycles. The molecule has 0 bridgehead atoms. The quantitative estimate of drug-likeness (QED) is 0.246. The molecule has 0 spiro atoms. The van der Waals surface area contributed by atoms with E-state index in [0.717, 1.165) is 23.6 Å². The molecule has 0 aliphatic rings. The van der Waals surface area contributed by atoms with E-state index in [2.05, 4.69) is 15.1 Å². The van der Waals surface area contributed by atoms with Crippen molar-refractivity contribution in [3.63, 3.8) is 0 Å². The zero-order valence-corrected chi connectivity index (χ0v) is 24.0. The smallest absolute Gasteiger partial charge is 0.272 e. The number of amides is 1. The van der Waals surface area contributed by atoms with Gasteiger partial charge in [0.1, 0.15) is 10.6 Å². The van der Waals surface area contributed by atoms with Gasteiger partial charge < -0.3 is 10.1 Å². The highest BCUT2D eigenvalue weighted by Crippen LogP contribution is 2.36. The van der Waals surface area contributed by atoms with Crippen LogP contribution in [0, 0.1) is 30.9 Å². The third-order valence-electron chi connectivity index (χ3n) is 6.47. The van der Waals surface area contributed by atoms with Gasteiger partial charge in [-0.1, -0.05) is 26.0 Å². The lowest BCUT2D eigenvalue weighted by Gasteiger charge is -2.17. The Morgan fingerprint density at radius 3 is 2.36 bits per heavy atom. The van der Waals surface area contributed by atoms with E-state index in [4.69, 9.17) is 4.74 Å². The molecule has 1 amide bonds. The Hall–Kier alpha value is -3.77. The monoisotopic (exact) mass is 557 g/mol. The molecule has 11 nitrogen and oxygen atoms in total. The van der Waals surface area contributed by atoms with Gasteiger partial charge in [-0.2, -0.15) is 9.78 Å². The van der Waals surface area contributed by atoms with E-state index in [1.807, 2.05) is 52.8 Å². The van der Waals surface area contributed by atoms with Gasteiger partial charge in [-0.15, -0.1) is 0 Å². The molecule has 3 rings (SSSR count). The molecule has 0 saturated heterocycles. The molecule has 3 aromatic rings. The second-order valence-electron chi connectivity index (χ2n) is 9.68. The van der Waals surface area contributed by atoms with Gasteiger partial charge in [0.05, 0.1) is 10.6 Å². The number of non-ortho nitro benzene ring substituents is 1. The van der Waals surface area contributed by atoms with E-state index < -0.39 is 37.5 Å². The summed E-state index contributed by atoms with van der Waals surface area (Å²) in [6.07, 6.45) is 1.23. The predicted molar refractivity (Wildman–Crippen MR) is 148 cm³/mol. The van der Waals surface area contributed by atoms with E-state index in [0.29, 0.717) is 17.7 Å². The lowest BCUT2D eigenvalue weighted by molar-refractivity contribution is -0.385. The topological polar surface area (TPSA) is 145 Å². The summed E-state index contributed by atoms with van der Waals surface area (Å²) in [5.74, 6) is -0.419. The lowest BCUT2D eigenvalue weighted by Crippen LogP contribution is -2.32. The molecule has 2 unspecified atom stereocenters. The summed E-state index contributed by atoms with van der Waals surface area (Å²) in [5, 5.41) is 18.9. The number of nitrogens with one attached hydrogen (secondary N) is 2. The van der Waals surface area contributed by atoms with Gasteiger partial charge >= 0.3 is 0 Å². The molecule has 210 valence electrons. The van der Waals surface area contributed by atoms with Gasteiger partial charge in [0.15, 0.2) is 5.69 Å². The molecule has 39 heavy (non-hydrogen) atoms. The van der Waals surface area contributed by atoms with Crippen LogP contribution in [0.4, 0.5) is 5.69 Å². The molecule has 12 heteroatoms. The Kier molecular flexibility index (Phi) is 9.13. The zero-order chi connectivity index (χ0) is 29.1. The maximum atomic E-state index is 13.3. The molecule has 0 aliphatic heterocycles. The molecule has 0 radical (unpaired) electrons. The largest absolute Gasteiger partial charge is 0.437 e. The Morgan fingerprint density at radius 2 is 1.74 bits per heavy atom. The summed E-state index contributed by atoms with van der Waals surface area (Å²) >= 11 is 0. The fourth-order valence-corrected chi connectivity index (χ4v) is 5.22. The number of ether oxygens (including phenoxy) is 1. The minimum absolute atomic E-state index is 0.0924. The van der Waals surface area contributed by atoms with Crippen molar-refractivity contribution in [2.75, 3.05) is 0 Å². The number of sulfonamides is 1. The summed E-state index contributed by atoms with van der Waals surface area (Å²) in [6, 6.07) is 8.58. The minimum atomic E-state index is -4.20. The van der Waals surface area contributed by atoms with Crippen LogP contribution in [0.5, 0.6) is 11.6 Å². The highest BCUT2D eigenvalue weighted by Gasteiger charge is 2.29. The van der Waals surface area contributed by atoms with Crippen LogP contribution in [0.1, 0.15) is 67.7 Å². The Bertz CT molecular complexity index is 1500. The molecule has 0 aliphatic carbocycles. The number of carbonyl (C=O) groups is 1. The summed E-state index contributed by atoms with van der Waals surface area (Å²) < 4.78 is 36.8. The Balaban J connectivity index is 2.24. The van der Waals surface area contributed by atoms with Gasteiger partial charge in [-0.05, 0) is 70.7 Å². The van der Waals surface area contributed by atoms with Crippen molar-refractivity contribution in [3.8, 4) is 17.3 Å². The summed E-state index contributed by atoms with van der Waals surface area (Å²) in [4.78, 5) is 23.5. The standard InChI is InChI=1S/C27H35N5O6S/c1-8-18(5)28-26(33)25-20(7)27(31(29-25)22-14-16(3)10-11-17(22)4)38-23-13-12-21(32(34)35)15-24(23)39(36,37)30-19(6)9-2/h10-15,18-19,30H,8-9H2,1-7H3,(H,28,33). The van der Waals surface area contributed by atoms with Gasteiger partial charge in [0.2, 0.25) is 15.9 Å². The van der Waals surface area contributed by atoms with Crippen LogP contribution in [0.15, 0.2) is 41.3 Å². The van der Waals surface area contributed by atoms with Crippen molar-refractivity contribution >= 4 is 21.6 Å². The summed E-state index contributed by atoms with van der Waals surface area (Å²) in [7, 11) is -4.20. The third-order valence-corrected chi connectivity index (χ3v) is 8.08. The van der Waals surface area contributed by atoms with Crippen molar-refractivity contribution in [1.82, 2.24) is 19.8 Å². The SMILES string of the molecule is CCC(C)NC(=O)c1nn(-c2cc(C)ccc2C)c(Oc2ccc([N+](=O)[O-])cc2S(=O)(=O)NC(C)CC)c1C. The van der Waals surface area contributed by atoms with E-state index in [9.17, 15) is 23.3 Å². The Labute approximate surface area is 228 Å². The lowest BCUT2D eigenvalue weighted by atomic mass is 10.1. The molecule has 2 atom stereocenters. The number of aryl methyl sites for hydroxylation is 2. The molecule has 1 aromatic heterocycles. The van der Waals surface area contributed by atoms with Crippen molar-refractivity contribution in [1.29, 1.82) is 0 Å². The second kappa shape index (κ2) is 12.0. The van der Waals surface area contributed by atoms with Gasteiger partial charge in [-0.3, -0.25) is 14.9 Å². The number of benzene rings is 2. The minimum Gasteiger partial charge on any atom is -0.437 e. The number of nitro benzene ring substituents is 1. The number of carbonyl (C=O) groups excluding carboxylic acids is 1. The average Bonchev–Trinajstić information content (AvgIpc) is 3.20. The highest BCUT2D eigenvalue weighted by molar-refractivity contribution is 7.89. The van der Waals surface area contributed by atoms with Gasteiger partial charge in [0, 0.05) is 29.8 Å². The number of hydrogen-bond acceptors (Lipinski definition) is 7. The zero-order valence-electron chi connectivity index (χ0n) is 23.2. The highest BCUT2D eigenvalue weighted by atomic mass is 32.2. The van der Waals surface area contributed by atoms with Crippen molar-refractivity contribution in [2.24, 2.45) is 0 Å². The first-order chi connectivity index (χ1) is 18.3. The van der Waals surface area contributed by atoms with Crippen molar-refractivity contribution in [3.05, 3.63) is 68.9 Å². The predicted octanol–water partition coefficient (Wildman–Crippen LogP) is 5.10. The number of hydrogen-bond donors (Lipinski definition) is 2. The maximum Gasteiger partial charge on any atom is 0.272 e. The molecule has 0 saturated carbocycles. The van der Waals surface area contributed by atoms with Crippen molar-refractivity contribution < 1.29 is 22.9 Å². The van der Waals surface area contributed by atoms with Crippen LogP contribution in [0.2, 0.25) is 0 Å². The number of aromatic nitrogens is 2. The summed E-state index contributed by atoms with van der Waals surface area (Å²) in [6.45, 7) is 12.8. The fraction of sp³-hybridized carbons (Fsp3) is 0.407. The van der Waals surface area contributed by atoms with Gasteiger partial charge in [0.25, 0.3) is 11.6 Å². The van der Waals surface area contributed by atoms with Crippen LogP contribution in [-0.4, -0.2) is 41.1 Å². The number of nitrogens with zero attached hydrogens (tertiary/aromatic N) is 3. The van der Waals surface area contributed by atoms with Crippen LogP contribution < -0.4 is 14.8 Å². The fourth-order valence-electron chi connectivity index (χ4n) is 3.74. The molecule has 1 heterocycles. The van der Waals surface area contributed by atoms with Crippen LogP contribution in [0.25, 0.3) is 5.69 Å². The average molecular weight is 558 g/mol. The van der Waals surface area contributed by atoms with E-state index >= 15 is 0 Å². The molecule has 0 fully saturated rings. The second-order valence-corrected chi connectivity index (χ2v) is 11.4. The normalized spacial score (nSPS) is 13.1. The van der Waals surface area contributed by atoms with Crippen molar-refractivity contribution in [2.45, 2.75) is 78.3 Å². The van der Waals surface area contributed by atoms with Crippen LogP contribution >= 0.6 is 0 Å². The first-order valence-electron chi connectivity index (χ1n) is 12.8. The number of rotatable bonds is 11. The first kappa shape index (κ1) is 29.8. The van der Waals surface area contributed by atoms with Crippen LogP contribution in [0.3, 0.4) is 0 Å². The molecule has 2 N–H and O–H groups in total. The number of nitro groups is 1. The first-order valence-corrected chi connectivity index (χ1v) is 14.2. The maximum absolute atomic E-state index is 13.3. The third kappa shape index (κ3) is 6.63.